The van der Waals surface area contributed by atoms with Crippen molar-refractivity contribution in [2.75, 3.05) is 26.7 Å². The third-order valence-electron chi connectivity index (χ3n) is 6.02. The Morgan fingerprint density at radius 2 is 1.96 bits per heavy atom. The van der Waals surface area contributed by atoms with Crippen LogP contribution in [-0.2, 0) is 17.9 Å². The van der Waals surface area contributed by atoms with Crippen LogP contribution in [0.3, 0.4) is 0 Å². The molecule has 1 atom stereocenters. The van der Waals surface area contributed by atoms with Crippen LogP contribution in [0.2, 0.25) is 0 Å². The lowest BCUT2D eigenvalue weighted by molar-refractivity contribution is -0.128. The van der Waals surface area contributed by atoms with E-state index in [-0.39, 0.29) is 11.3 Å². The molecule has 3 heterocycles. The summed E-state index contributed by atoms with van der Waals surface area (Å²) >= 11 is 0. The highest BCUT2D eigenvalue weighted by atomic mass is 16.5. The van der Waals surface area contributed by atoms with Crippen molar-refractivity contribution >= 4 is 5.91 Å². The fourth-order valence-corrected chi connectivity index (χ4v) is 4.47. The number of carbonyl (C=O) groups is 1. The Morgan fingerprint density at radius 3 is 2.63 bits per heavy atom. The summed E-state index contributed by atoms with van der Waals surface area (Å²) in [7, 11) is 1.69. The second-order valence-corrected chi connectivity index (χ2v) is 8.04. The lowest BCUT2D eigenvalue weighted by Gasteiger charge is -2.24. The number of methoxy groups -OCH3 is 1. The van der Waals surface area contributed by atoms with Crippen LogP contribution in [-0.4, -0.2) is 47.6 Å². The molecule has 6 nitrogen and oxygen atoms in total. The predicted octanol–water partition coefficient (Wildman–Crippen LogP) is 2.92. The number of amides is 1. The third-order valence-corrected chi connectivity index (χ3v) is 6.02. The number of aromatic nitrogens is 1. The van der Waals surface area contributed by atoms with Gasteiger partial charge in [-0.1, -0.05) is 17.3 Å². The summed E-state index contributed by atoms with van der Waals surface area (Å²) in [6.07, 6.45) is 1.72. The summed E-state index contributed by atoms with van der Waals surface area (Å²) in [5.41, 5.74) is 3.30. The maximum absolute atomic E-state index is 12.7. The normalized spacial score (nSPS) is 22.9. The summed E-state index contributed by atoms with van der Waals surface area (Å²) in [6, 6.07) is 8.25. The van der Waals surface area contributed by atoms with E-state index in [4.69, 9.17) is 9.26 Å². The van der Waals surface area contributed by atoms with E-state index in [1.807, 2.05) is 30.9 Å². The van der Waals surface area contributed by atoms with Crippen LogP contribution in [0.15, 0.2) is 28.8 Å². The van der Waals surface area contributed by atoms with E-state index in [1.54, 1.807) is 7.11 Å². The molecule has 144 valence electrons. The van der Waals surface area contributed by atoms with Crippen LogP contribution in [0.1, 0.15) is 35.4 Å². The lowest BCUT2D eigenvalue weighted by atomic mass is 9.86. The zero-order valence-corrected chi connectivity index (χ0v) is 16.3. The molecular weight excluding hydrogens is 342 g/mol. The number of ether oxygens (including phenoxy) is 1. The Hall–Kier alpha value is -2.34. The first-order valence-electron chi connectivity index (χ1n) is 9.53. The van der Waals surface area contributed by atoms with Crippen molar-refractivity contribution in [3.05, 3.63) is 46.8 Å². The molecule has 27 heavy (non-hydrogen) atoms. The average molecular weight is 369 g/mol. The standard InChI is InChI=1S/C21H27N3O3/c1-15-19(16(2)27-22-15)12-24-14-21(10-20(24)25)8-9-23(13-21)11-17-4-6-18(26-3)7-5-17/h4-7H,8-14H2,1-3H3/t21-/m1/s1. The molecule has 1 spiro atoms. The van der Waals surface area contributed by atoms with Crippen LogP contribution in [0.25, 0.3) is 0 Å². The Balaban J connectivity index is 1.39. The van der Waals surface area contributed by atoms with Crippen molar-refractivity contribution in [3.8, 4) is 5.75 Å². The van der Waals surface area contributed by atoms with Crippen LogP contribution in [0, 0.1) is 19.3 Å². The van der Waals surface area contributed by atoms with Gasteiger partial charge in [0.2, 0.25) is 5.91 Å². The van der Waals surface area contributed by atoms with Crippen LogP contribution < -0.4 is 4.74 Å². The number of hydrogen-bond acceptors (Lipinski definition) is 5. The number of hydrogen-bond donors (Lipinski definition) is 0. The van der Waals surface area contributed by atoms with E-state index in [1.165, 1.54) is 5.56 Å². The SMILES string of the molecule is COc1ccc(CN2CC[C@@]3(CC(=O)N(Cc4c(C)noc4C)C3)C2)cc1. The smallest absolute Gasteiger partial charge is 0.223 e. The first-order chi connectivity index (χ1) is 13.0. The molecule has 2 aromatic rings. The second-order valence-electron chi connectivity index (χ2n) is 8.04. The van der Waals surface area contributed by atoms with Crippen LogP contribution in [0.5, 0.6) is 5.75 Å². The van der Waals surface area contributed by atoms with Crippen molar-refractivity contribution in [1.29, 1.82) is 0 Å². The zero-order chi connectivity index (χ0) is 19.0. The molecular formula is C21H27N3O3. The minimum Gasteiger partial charge on any atom is -0.497 e. The van der Waals surface area contributed by atoms with E-state index in [0.29, 0.717) is 13.0 Å². The average Bonchev–Trinajstić information content (AvgIpc) is 3.29. The monoisotopic (exact) mass is 369 g/mol. The molecule has 4 rings (SSSR count). The van der Waals surface area contributed by atoms with Gasteiger partial charge in [0.1, 0.15) is 11.5 Å². The highest BCUT2D eigenvalue weighted by Gasteiger charge is 2.47. The molecule has 0 radical (unpaired) electrons. The van der Waals surface area contributed by atoms with Gasteiger partial charge in [-0.15, -0.1) is 0 Å². The highest BCUT2D eigenvalue weighted by Crippen LogP contribution is 2.41. The second kappa shape index (κ2) is 7.00. The topological polar surface area (TPSA) is 58.8 Å². The molecule has 0 bridgehead atoms. The first kappa shape index (κ1) is 18.0. The molecule has 6 heteroatoms. The van der Waals surface area contributed by atoms with Gasteiger partial charge in [0.05, 0.1) is 19.3 Å². The fourth-order valence-electron chi connectivity index (χ4n) is 4.47. The summed E-state index contributed by atoms with van der Waals surface area (Å²) in [5.74, 6) is 1.95. The molecule has 1 amide bonds. The molecule has 0 aliphatic carbocycles. The molecule has 2 aliphatic heterocycles. The number of benzene rings is 1. The number of aryl methyl sites for hydroxylation is 2. The highest BCUT2D eigenvalue weighted by molar-refractivity contribution is 5.79. The lowest BCUT2D eigenvalue weighted by Crippen LogP contribution is -2.31. The maximum atomic E-state index is 12.7. The van der Waals surface area contributed by atoms with Gasteiger partial charge >= 0.3 is 0 Å². The van der Waals surface area contributed by atoms with E-state index in [0.717, 1.165) is 55.4 Å². The minimum absolute atomic E-state index is 0.0858. The molecule has 0 unspecified atom stereocenters. The predicted molar refractivity (Wildman–Crippen MR) is 101 cm³/mol. The number of likely N-dealkylation sites (tertiary alicyclic amines) is 2. The third kappa shape index (κ3) is 3.58. The van der Waals surface area contributed by atoms with Gasteiger partial charge in [-0.05, 0) is 44.5 Å². The largest absolute Gasteiger partial charge is 0.497 e. The summed E-state index contributed by atoms with van der Waals surface area (Å²) in [6.45, 7) is 8.23. The fraction of sp³-hybridized carbons (Fsp3) is 0.524. The van der Waals surface area contributed by atoms with Gasteiger partial charge in [0.15, 0.2) is 0 Å². The van der Waals surface area contributed by atoms with Crippen molar-refractivity contribution in [1.82, 2.24) is 15.0 Å². The van der Waals surface area contributed by atoms with Gasteiger partial charge in [-0.3, -0.25) is 9.69 Å². The quantitative estimate of drug-likeness (QED) is 0.811. The molecule has 1 aromatic heterocycles. The van der Waals surface area contributed by atoms with Crippen molar-refractivity contribution in [3.63, 3.8) is 0 Å². The molecule has 0 N–H and O–H groups in total. The zero-order valence-electron chi connectivity index (χ0n) is 16.3. The van der Waals surface area contributed by atoms with E-state index >= 15 is 0 Å². The Morgan fingerprint density at radius 1 is 1.19 bits per heavy atom. The van der Waals surface area contributed by atoms with E-state index in [2.05, 4.69) is 22.2 Å². The number of carbonyl (C=O) groups excluding carboxylic acids is 1. The van der Waals surface area contributed by atoms with Crippen molar-refractivity contribution < 1.29 is 14.1 Å². The Bertz CT molecular complexity index is 810. The van der Waals surface area contributed by atoms with Gasteiger partial charge in [0.25, 0.3) is 0 Å². The minimum atomic E-state index is 0.0858. The van der Waals surface area contributed by atoms with Crippen molar-refractivity contribution in [2.45, 2.75) is 39.8 Å². The van der Waals surface area contributed by atoms with E-state index < -0.39 is 0 Å². The summed E-state index contributed by atoms with van der Waals surface area (Å²) < 4.78 is 10.5. The van der Waals surface area contributed by atoms with Gasteiger partial charge in [-0.25, -0.2) is 0 Å². The van der Waals surface area contributed by atoms with E-state index in [9.17, 15) is 4.79 Å². The molecule has 2 saturated heterocycles. The Kier molecular flexibility index (Phi) is 4.68. The first-order valence-corrected chi connectivity index (χ1v) is 9.53. The molecule has 1 aromatic carbocycles. The summed E-state index contributed by atoms with van der Waals surface area (Å²) in [5, 5.41) is 4.01. The Labute approximate surface area is 160 Å². The van der Waals surface area contributed by atoms with Crippen LogP contribution >= 0.6 is 0 Å². The number of nitrogens with zero attached hydrogens (tertiary/aromatic N) is 3. The van der Waals surface area contributed by atoms with Gasteiger partial charge in [-0.2, -0.15) is 0 Å². The van der Waals surface area contributed by atoms with Crippen molar-refractivity contribution in [2.24, 2.45) is 5.41 Å². The van der Waals surface area contributed by atoms with Gasteiger partial charge in [0, 0.05) is 37.0 Å². The summed E-state index contributed by atoms with van der Waals surface area (Å²) in [4.78, 5) is 17.1. The molecule has 2 fully saturated rings. The van der Waals surface area contributed by atoms with Gasteiger partial charge < -0.3 is 14.2 Å². The van der Waals surface area contributed by atoms with Crippen LogP contribution in [0.4, 0.5) is 0 Å². The molecule has 0 saturated carbocycles. The number of rotatable bonds is 5. The molecule has 2 aliphatic rings. The maximum Gasteiger partial charge on any atom is 0.223 e.